The van der Waals surface area contributed by atoms with E-state index < -0.39 is 5.41 Å². The lowest BCUT2D eigenvalue weighted by Crippen LogP contribution is -2.23. The molecule has 20 heavy (non-hydrogen) atoms. The Morgan fingerprint density at radius 1 is 1.20 bits per heavy atom. The van der Waals surface area contributed by atoms with Gasteiger partial charge in [0.1, 0.15) is 0 Å². The average Bonchev–Trinajstić information content (AvgIpc) is 2.36. The van der Waals surface area contributed by atoms with Crippen LogP contribution in [-0.2, 0) is 0 Å². The first-order chi connectivity index (χ1) is 9.23. The third-order valence-electron chi connectivity index (χ3n) is 3.06. The minimum Gasteiger partial charge on any atom is -0.309 e. The molecule has 0 aliphatic heterocycles. The second-order valence-corrected chi connectivity index (χ2v) is 6.33. The highest BCUT2D eigenvalue weighted by atomic mass is 16.1. The number of carbonyl (C=O) groups is 2. The van der Waals surface area contributed by atoms with Crippen molar-refractivity contribution in [3.8, 4) is 0 Å². The van der Waals surface area contributed by atoms with E-state index in [1.165, 1.54) is 6.20 Å². The van der Waals surface area contributed by atoms with Crippen LogP contribution in [0.15, 0.2) is 18.5 Å². The zero-order chi connectivity index (χ0) is 15.3. The molecule has 0 saturated heterocycles. The number of carbonyl (C=O) groups excluding carboxylic acids is 2. The van der Waals surface area contributed by atoms with Gasteiger partial charge in [0.25, 0.3) is 0 Å². The van der Waals surface area contributed by atoms with Crippen LogP contribution in [0.25, 0.3) is 0 Å². The van der Waals surface area contributed by atoms with Gasteiger partial charge in [0.05, 0.1) is 0 Å². The Morgan fingerprint density at radius 2 is 1.85 bits per heavy atom. The van der Waals surface area contributed by atoms with Crippen LogP contribution in [0.5, 0.6) is 0 Å². The SMILES string of the molecule is CN(C)CCCC(=O)c1ccncc1C(=O)C(C)(C)C. The van der Waals surface area contributed by atoms with Crippen LogP contribution in [0, 0.1) is 5.41 Å². The lowest BCUT2D eigenvalue weighted by Gasteiger charge is -2.18. The van der Waals surface area contributed by atoms with Gasteiger partial charge >= 0.3 is 0 Å². The fourth-order valence-electron chi connectivity index (χ4n) is 1.91. The highest BCUT2D eigenvalue weighted by Gasteiger charge is 2.26. The van der Waals surface area contributed by atoms with Crippen molar-refractivity contribution < 1.29 is 9.59 Å². The Bertz CT molecular complexity index is 487. The molecule has 4 heteroatoms. The summed E-state index contributed by atoms with van der Waals surface area (Å²) in [5.74, 6) is -0.0246. The Hall–Kier alpha value is -1.55. The summed E-state index contributed by atoms with van der Waals surface area (Å²) >= 11 is 0. The van der Waals surface area contributed by atoms with Crippen molar-refractivity contribution in [2.45, 2.75) is 33.6 Å². The summed E-state index contributed by atoms with van der Waals surface area (Å²) in [5, 5.41) is 0. The normalized spacial score (nSPS) is 11.7. The minimum absolute atomic E-state index is 0.0156. The van der Waals surface area contributed by atoms with Crippen LogP contribution >= 0.6 is 0 Å². The molecule has 0 aliphatic carbocycles. The number of aromatic nitrogens is 1. The van der Waals surface area contributed by atoms with Crippen molar-refractivity contribution in [2.24, 2.45) is 5.41 Å². The van der Waals surface area contributed by atoms with E-state index in [2.05, 4.69) is 4.98 Å². The van der Waals surface area contributed by atoms with Crippen LogP contribution in [-0.4, -0.2) is 42.1 Å². The van der Waals surface area contributed by atoms with Gasteiger partial charge in [0.15, 0.2) is 11.6 Å². The predicted octanol–water partition coefficient (Wildman–Crippen LogP) is 2.83. The number of hydrogen-bond donors (Lipinski definition) is 0. The number of ketones is 2. The highest BCUT2D eigenvalue weighted by molar-refractivity contribution is 6.10. The molecule has 1 aromatic rings. The fourth-order valence-corrected chi connectivity index (χ4v) is 1.91. The standard InChI is InChI=1S/C16H24N2O2/c1-16(2,3)15(20)13-11-17-9-8-12(13)14(19)7-6-10-18(4)5/h8-9,11H,6-7,10H2,1-5H3. The van der Waals surface area contributed by atoms with Gasteiger partial charge in [0, 0.05) is 35.4 Å². The van der Waals surface area contributed by atoms with E-state index in [1.54, 1.807) is 12.3 Å². The Morgan fingerprint density at radius 3 is 2.40 bits per heavy atom. The Balaban J connectivity index is 2.90. The summed E-state index contributed by atoms with van der Waals surface area (Å²) < 4.78 is 0. The lowest BCUT2D eigenvalue weighted by molar-refractivity contribution is 0.0849. The first-order valence-electron chi connectivity index (χ1n) is 6.90. The third-order valence-corrected chi connectivity index (χ3v) is 3.06. The Labute approximate surface area is 121 Å². The van der Waals surface area contributed by atoms with E-state index in [9.17, 15) is 9.59 Å². The monoisotopic (exact) mass is 276 g/mol. The van der Waals surface area contributed by atoms with Gasteiger partial charge in [-0.2, -0.15) is 0 Å². The van der Waals surface area contributed by atoms with E-state index in [-0.39, 0.29) is 11.6 Å². The van der Waals surface area contributed by atoms with Gasteiger partial charge < -0.3 is 4.90 Å². The van der Waals surface area contributed by atoms with Gasteiger partial charge in [-0.3, -0.25) is 14.6 Å². The second kappa shape index (κ2) is 6.75. The van der Waals surface area contributed by atoms with Crippen molar-refractivity contribution in [3.05, 3.63) is 29.6 Å². The number of nitrogens with zero attached hydrogens (tertiary/aromatic N) is 2. The number of hydrogen-bond acceptors (Lipinski definition) is 4. The van der Waals surface area contributed by atoms with E-state index in [1.807, 2.05) is 39.8 Å². The molecule has 0 bridgehead atoms. The summed E-state index contributed by atoms with van der Waals surface area (Å²) in [5.41, 5.74) is 0.426. The van der Waals surface area contributed by atoms with Crippen molar-refractivity contribution in [1.82, 2.24) is 9.88 Å². The van der Waals surface area contributed by atoms with Crippen LogP contribution in [0.2, 0.25) is 0 Å². The molecule has 4 nitrogen and oxygen atoms in total. The van der Waals surface area contributed by atoms with Gasteiger partial charge in [-0.15, -0.1) is 0 Å². The van der Waals surface area contributed by atoms with E-state index in [0.717, 1.165) is 13.0 Å². The zero-order valence-electron chi connectivity index (χ0n) is 13.1. The molecule has 0 fully saturated rings. The molecule has 0 spiro atoms. The molecular formula is C16H24N2O2. The van der Waals surface area contributed by atoms with Crippen LogP contribution in [0.4, 0.5) is 0 Å². The van der Waals surface area contributed by atoms with Crippen LogP contribution in [0.1, 0.15) is 54.3 Å². The molecule has 0 aliphatic rings. The molecule has 0 radical (unpaired) electrons. The predicted molar refractivity (Wildman–Crippen MR) is 80.1 cm³/mol. The summed E-state index contributed by atoms with van der Waals surface area (Å²) in [6.07, 6.45) is 4.31. The third kappa shape index (κ3) is 4.53. The molecule has 0 N–H and O–H groups in total. The maximum absolute atomic E-state index is 12.4. The molecule has 1 aromatic heterocycles. The topological polar surface area (TPSA) is 50.3 Å². The van der Waals surface area contributed by atoms with Crippen molar-refractivity contribution in [3.63, 3.8) is 0 Å². The molecule has 1 rings (SSSR count). The average molecular weight is 276 g/mol. The van der Waals surface area contributed by atoms with Gasteiger partial charge in [0.2, 0.25) is 0 Å². The van der Waals surface area contributed by atoms with Crippen molar-refractivity contribution >= 4 is 11.6 Å². The molecule has 0 aromatic carbocycles. The molecule has 0 atom stereocenters. The van der Waals surface area contributed by atoms with Crippen LogP contribution < -0.4 is 0 Å². The Kier molecular flexibility index (Phi) is 5.57. The molecule has 110 valence electrons. The molecule has 0 saturated carbocycles. The largest absolute Gasteiger partial charge is 0.309 e. The number of rotatable bonds is 6. The summed E-state index contributed by atoms with van der Waals surface area (Å²) in [7, 11) is 3.96. The molecular weight excluding hydrogens is 252 g/mol. The smallest absolute Gasteiger partial charge is 0.170 e. The van der Waals surface area contributed by atoms with Crippen molar-refractivity contribution in [2.75, 3.05) is 20.6 Å². The van der Waals surface area contributed by atoms with Crippen LogP contribution in [0.3, 0.4) is 0 Å². The fraction of sp³-hybridized carbons (Fsp3) is 0.562. The van der Waals surface area contributed by atoms with Gasteiger partial charge in [-0.1, -0.05) is 20.8 Å². The maximum atomic E-state index is 12.4. The molecule has 0 amide bonds. The molecule has 0 unspecified atom stereocenters. The lowest BCUT2D eigenvalue weighted by atomic mass is 9.84. The quantitative estimate of drug-likeness (QED) is 0.750. The van der Waals surface area contributed by atoms with Crippen molar-refractivity contribution in [1.29, 1.82) is 0 Å². The second-order valence-electron chi connectivity index (χ2n) is 6.33. The van der Waals surface area contributed by atoms with Gasteiger partial charge in [-0.05, 0) is 33.1 Å². The van der Waals surface area contributed by atoms with Gasteiger partial charge in [-0.25, -0.2) is 0 Å². The van der Waals surface area contributed by atoms with E-state index in [4.69, 9.17) is 0 Å². The summed E-state index contributed by atoms with van der Waals surface area (Å²) in [4.78, 5) is 30.7. The number of pyridine rings is 1. The minimum atomic E-state index is -0.512. The van der Waals surface area contributed by atoms with E-state index in [0.29, 0.717) is 17.5 Å². The maximum Gasteiger partial charge on any atom is 0.170 e. The first-order valence-corrected chi connectivity index (χ1v) is 6.90. The highest BCUT2D eigenvalue weighted by Crippen LogP contribution is 2.23. The molecule has 1 heterocycles. The summed E-state index contributed by atoms with van der Waals surface area (Å²) in [6, 6.07) is 1.65. The van der Waals surface area contributed by atoms with E-state index >= 15 is 0 Å². The summed E-state index contributed by atoms with van der Waals surface area (Å²) in [6.45, 7) is 6.41. The number of Topliss-reactive ketones (excluding diaryl/α,β-unsaturated/α-hetero) is 2. The zero-order valence-corrected chi connectivity index (χ0v) is 13.1. The first kappa shape index (κ1) is 16.5.